The van der Waals surface area contributed by atoms with E-state index in [4.69, 9.17) is 0 Å². The highest BCUT2D eigenvalue weighted by atomic mass is 16.2. The lowest BCUT2D eigenvalue weighted by Gasteiger charge is -2.28. The van der Waals surface area contributed by atoms with E-state index in [1.807, 2.05) is 74.5 Å². The summed E-state index contributed by atoms with van der Waals surface area (Å²) < 4.78 is 0. The molecule has 0 saturated carbocycles. The van der Waals surface area contributed by atoms with Gasteiger partial charge in [0.25, 0.3) is 5.91 Å². The van der Waals surface area contributed by atoms with Crippen LogP contribution < -0.4 is 10.2 Å². The minimum Gasteiger partial charge on any atom is -0.323 e. The summed E-state index contributed by atoms with van der Waals surface area (Å²) in [7, 11) is 0. The number of carbonyl (C=O) groups excluding carboxylic acids is 3. The SMILES string of the molecule is CC(C)N(C(=O)CN1C(=O)N[C@](C)(CCc2ccccc2)C1=O)c1ccccc1. The number of rotatable bonds is 7. The fraction of sp³-hybridized carbons (Fsp3) is 0.348. The monoisotopic (exact) mass is 393 g/mol. The molecule has 0 aliphatic carbocycles. The number of amides is 4. The molecule has 1 atom stereocenters. The van der Waals surface area contributed by atoms with Crippen molar-refractivity contribution in [3.05, 3.63) is 66.2 Å². The Balaban J connectivity index is 1.71. The largest absolute Gasteiger partial charge is 0.325 e. The summed E-state index contributed by atoms with van der Waals surface area (Å²) in [4.78, 5) is 41.1. The number of benzene rings is 2. The van der Waals surface area contributed by atoms with E-state index >= 15 is 0 Å². The fourth-order valence-electron chi connectivity index (χ4n) is 3.63. The number of hydrogen-bond acceptors (Lipinski definition) is 3. The summed E-state index contributed by atoms with van der Waals surface area (Å²) in [5.74, 6) is -0.648. The quantitative estimate of drug-likeness (QED) is 0.733. The molecule has 1 heterocycles. The van der Waals surface area contributed by atoms with Gasteiger partial charge < -0.3 is 10.2 Å². The van der Waals surface area contributed by atoms with Crippen LogP contribution in [0.5, 0.6) is 0 Å². The van der Waals surface area contributed by atoms with E-state index < -0.39 is 11.6 Å². The second-order valence-electron chi connectivity index (χ2n) is 7.83. The lowest BCUT2D eigenvalue weighted by molar-refractivity contribution is -0.134. The van der Waals surface area contributed by atoms with Gasteiger partial charge in [-0.3, -0.25) is 14.5 Å². The van der Waals surface area contributed by atoms with Crippen molar-refractivity contribution < 1.29 is 14.4 Å². The first-order chi connectivity index (χ1) is 13.8. The van der Waals surface area contributed by atoms with Crippen molar-refractivity contribution in [2.24, 2.45) is 0 Å². The molecule has 0 aromatic heterocycles. The number of carbonyl (C=O) groups is 3. The van der Waals surface area contributed by atoms with Crippen LogP contribution in [0.2, 0.25) is 0 Å². The van der Waals surface area contributed by atoms with Gasteiger partial charge in [0.1, 0.15) is 12.1 Å². The van der Waals surface area contributed by atoms with Crippen LogP contribution in [0.1, 0.15) is 32.8 Å². The molecule has 0 unspecified atom stereocenters. The normalized spacial score (nSPS) is 18.8. The number of para-hydroxylation sites is 1. The number of imide groups is 1. The van der Waals surface area contributed by atoms with Crippen LogP contribution in [0.15, 0.2) is 60.7 Å². The van der Waals surface area contributed by atoms with Crippen molar-refractivity contribution in [1.29, 1.82) is 0 Å². The van der Waals surface area contributed by atoms with Gasteiger partial charge in [-0.2, -0.15) is 0 Å². The summed E-state index contributed by atoms with van der Waals surface area (Å²) >= 11 is 0. The van der Waals surface area contributed by atoms with Crippen LogP contribution in [0.4, 0.5) is 10.5 Å². The van der Waals surface area contributed by atoms with E-state index in [-0.39, 0.29) is 24.4 Å². The number of urea groups is 1. The number of anilines is 1. The highest BCUT2D eigenvalue weighted by molar-refractivity contribution is 6.10. The standard InChI is InChI=1S/C23H27N3O3/c1-17(2)26(19-12-8-5-9-13-19)20(27)16-25-21(28)23(3,24-22(25)29)15-14-18-10-6-4-7-11-18/h4-13,17H,14-16H2,1-3H3,(H,24,29)/t23-/m1/s1. The fourth-order valence-corrected chi connectivity index (χ4v) is 3.63. The Bertz CT molecular complexity index is 883. The number of nitrogens with one attached hydrogen (secondary N) is 1. The van der Waals surface area contributed by atoms with E-state index in [1.54, 1.807) is 11.8 Å². The van der Waals surface area contributed by atoms with Gasteiger partial charge in [0.15, 0.2) is 0 Å². The summed E-state index contributed by atoms with van der Waals surface area (Å²) in [5.41, 5.74) is 0.828. The summed E-state index contributed by atoms with van der Waals surface area (Å²) in [5, 5.41) is 2.78. The van der Waals surface area contributed by atoms with E-state index in [2.05, 4.69) is 5.32 Å². The Labute approximate surface area is 171 Å². The van der Waals surface area contributed by atoms with Gasteiger partial charge in [0, 0.05) is 11.7 Å². The average molecular weight is 393 g/mol. The first kappa shape index (κ1) is 20.6. The summed E-state index contributed by atoms with van der Waals surface area (Å²) in [6.45, 7) is 5.25. The third-order valence-electron chi connectivity index (χ3n) is 5.21. The van der Waals surface area contributed by atoms with Crippen LogP contribution in [0.25, 0.3) is 0 Å². The first-order valence-corrected chi connectivity index (χ1v) is 9.87. The zero-order chi connectivity index (χ0) is 21.0. The number of hydrogen-bond donors (Lipinski definition) is 1. The van der Waals surface area contributed by atoms with Gasteiger partial charge in [0.05, 0.1) is 0 Å². The smallest absolute Gasteiger partial charge is 0.323 e. The minimum absolute atomic E-state index is 0.102. The Morgan fingerprint density at radius 2 is 1.62 bits per heavy atom. The van der Waals surface area contributed by atoms with E-state index in [0.717, 1.165) is 16.2 Å². The van der Waals surface area contributed by atoms with Gasteiger partial charge >= 0.3 is 6.03 Å². The van der Waals surface area contributed by atoms with Gasteiger partial charge in [-0.25, -0.2) is 4.79 Å². The molecule has 3 rings (SSSR count). The molecule has 6 heteroatoms. The second-order valence-corrected chi connectivity index (χ2v) is 7.83. The molecule has 29 heavy (non-hydrogen) atoms. The first-order valence-electron chi connectivity index (χ1n) is 9.87. The molecule has 0 bridgehead atoms. The van der Waals surface area contributed by atoms with Crippen LogP contribution in [-0.2, 0) is 16.0 Å². The van der Waals surface area contributed by atoms with Crippen molar-refractivity contribution in [3.8, 4) is 0 Å². The zero-order valence-corrected chi connectivity index (χ0v) is 17.1. The Kier molecular flexibility index (Phi) is 6.01. The van der Waals surface area contributed by atoms with Crippen molar-refractivity contribution in [3.63, 3.8) is 0 Å². The minimum atomic E-state index is -1.01. The van der Waals surface area contributed by atoms with Gasteiger partial charge in [-0.15, -0.1) is 0 Å². The van der Waals surface area contributed by atoms with Gasteiger partial charge in [0.2, 0.25) is 5.91 Å². The maximum Gasteiger partial charge on any atom is 0.325 e. The Morgan fingerprint density at radius 3 is 2.21 bits per heavy atom. The molecule has 6 nitrogen and oxygen atoms in total. The molecule has 0 spiro atoms. The van der Waals surface area contributed by atoms with Crippen LogP contribution in [-0.4, -0.2) is 40.9 Å². The topological polar surface area (TPSA) is 69.7 Å². The molecular formula is C23H27N3O3. The molecule has 2 aromatic carbocycles. The molecule has 4 amide bonds. The predicted molar refractivity (Wildman–Crippen MR) is 112 cm³/mol. The third kappa shape index (κ3) is 4.47. The Morgan fingerprint density at radius 1 is 1.03 bits per heavy atom. The van der Waals surface area contributed by atoms with Crippen molar-refractivity contribution in [2.45, 2.75) is 45.2 Å². The maximum atomic E-state index is 13.0. The van der Waals surface area contributed by atoms with E-state index in [0.29, 0.717) is 12.8 Å². The molecule has 1 saturated heterocycles. The number of aryl methyl sites for hydroxylation is 1. The molecule has 1 aliphatic heterocycles. The maximum absolute atomic E-state index is 13.0. The molecule has 152 valence electrons. The Hall–Kier alpha value is -3.15. The summed E-state index contributed by atoms with van der Waals surface area (Å²) in [6.07, 6.45) is 1.13. The van der Waals surface area contributed by atoms with Crippen LogP contribution in [0, 0.1) is 0 Å². The zero-order valence-electron chi connectivity index (χ0n) is 17.1. The second kappa shape index (κ2) is 8.47. The third-order valence-corrected chi connectivity index (χ3v) is 5.21. The van der Waals surface area contributed by atoms with Crippen molar-refractivity contribution >= 4 is 23.5 Å². The highest BCUT2D eigenvalue weighted by Gasteiger charge is 2.48. The average Bonchev–Trinajstić information content (AvgIpc) is 2.91. The van der Waals surface area contributed by atoms with Gasteiger partial charge in [-0.05, 0) is 51.3 Å². The summed E-state index contributed by atoms with van der Waals surface area (Å²) in [6, 6.07) is 18.5. The molecular weight excluding hydrogens is 366 g/mol. The van der Waals surface area contributed by atoms with Crippen molar-refractivity contribution in [2.75, 3.05) is 11.4 Å². The van der Waals surface area contributed by atoms with Crippen LogP contribution >= 0.6 is 0 Å². The molecule has 1 fully saturated rings. The molecule has 1 N–H and O–H groups in total. The number of nitrogens with zero attached hydrogens (tertiary/aromatic N) is 2. The predicted octanol–water partition coefficient (Wildman–Crippen LogP) is 3.37. The molecule has 2 aromatic rings. The van der Waals surface area contributed by atoms with E-state index in [1.165, 1.54) is 0 Å². The molecule has 0 radical (unpaired) electrons. The van der Waals surface area contributed by atoms with E-state index in [9.17, 15) is 14.4 Å². The van der Waals surface area contributed by atoms with Gasteiger partial charge in [-0.1, -0.05) is 48.5 Å². The lowest BCUT2D eigenvalue weighted by atomic mass is 9.93. The lowest BCUT2D eigenvalue weighted by Crippen LogP contribution is -2.47. The molecule has 1 aliphatic rings. The van der Waals surface area contributed by atoms with Crippen LogP contribution in [0.3, 0.4) is 0 Å². The van der Waals surface area contributed by atoms with Crippen molar-refractivity contribution in [1.82, 2.24) is 10.2 Å². The highest BCUT2D eigenvalue weighted by Crippen LogP contribution is 2.24.